The number of aliphatic carboxylic acids is 1. The number of carbonyl (C=O) groups excluding carboxylic acids is 1. The first kappa shape index (κ1) is 25.4. The van der Waals surface area contributed by atoms with E-state index in [1.807, 2.05) is 54.7 Å². The first-order chi connectivity index (χ1) is 19.5. The number of rotatable bonds is 10. The molecule has 0 saturated carbocycles. The number of aliphatic imine (C=N–C) groups is 1. The summed E-state index contributed by atoms with van der Waals surface area (Å²) in [5.41, 5.74) is 3.74. The number of nitrogens with one attached hydrogen (secondary N) is 3. The van der Waals surface area contributed by atoms with E-state index in [2.05, 4.69) is 34.3 Å². The van der Waals surface area contributed by atoms with Gasteiger partial charge in [0.15, 0.2) is 5.96 Å². The first-order valence-corrected chi connectivity index (χ1v) is 13.4. The number of fused-ring (bicyclic) bond motifs is 2. The summed E-state index contributed by atoms with van der Waals surface area (Å²) >= 11 is 1.13. The first-order valence-electron chi connectivity index (χ1n) is 12.7. The lowest BCUT2D eigenvalue weighted by Gasteiger charge is -2.34. The number of hydrogen-bond acceptors (Lipinski definition) is 9. The van der Waals surface area contributed by atoms with Gasteiger partial charge in [-0.3, -0.25) is 19.9 Å². The second-order valence-corrected chi connectivity index (χ2v) is 9.96. The number of nitrogens with zero attached hydrogens (tertiary/aromatic N) is 4. The quantitative estimate of drug-likeness (QED) is 0.192. The highest BCUT2D eigenvalue weighted by molar-refractivity contribution is 7.00. The molecule has 0 bridgehead atoms. The van der Waals surface area contributed by atoms with Gasteiger partial charge in [0.2, 0.25) is 5.91 Å². The highest BCUT2D eigenvalue weighted by Gasteiger charge is 2.41. The van der Waals surface area contributed by atoms with E-state index in [9.17, 15) is 14.7 Å². The smallest absolute Gasteiger partial charge is 0.304 e. The zero-order chi connectivity index (χ0) is 27.5. The molecule has 12 heteroatoms. The lowest BCUT2D eigenvalue weighted by Crippen LogP contribution is -2.37. The van der Waals surface area contributed by atoms with Gasteiger partial charge < -0.3 is 20.1 Å². The van der Waals surface area contributed by atoms with E-state index in [1.54, 1.807) is 12.4 Å². The van der Waals surface area contributed by atoms with Crippen molar-refractivity contribution in [1.29, 1.82) is 0 Å². The number of carboxylic acids is 1. The van der Waals surface area contributed by atoms with Crippen molar-refractivity contribution < 1.29 is 19.4 Å². The van der Waals surface area contributed by atoms with Crippen LogP contribution < -0.4 is 15.4 Å². The van der Waals surface area contributed by atoms with Gasteiger partial charge in [0.25, 0.3) is 0 Å². The molecule has 3 aromatic heterocycles. The van der Waals surface area contributed by atoms with Crippen molar-refractivity contribution in [2.75, 3.05) is 19.7 Å². The van der Waals surface area contributed by atoms with E-state index in [1.165, 1.54) is 0 Å². The van der Waals surface area contributed by atoms with E-state index >= 15 is 0 Å². The lowest BCUT2D eigenvalue weighted by molar-refractivity contribution is -0.137. The van der Waals surface area contributed by atoms with Crippen LogP contribution in [0.15, 0.2) is 72.1 Å². The number of aromatic nitrogens is 4. The molecule has 6 rings (SSSR count). The average molecular weight is 556 g/mol. The number of ether oxygens (including phenoxy) is 1. The molecule has 1 aliphatic rings. The number of H-pyrrole nitrogens is 1. The SMILES string of the molecule is O=C(O)CC(c1ccncc1)(c1ccc2nsnc2c1)c1c[nH]c2cc(OCCCNC3=NCC(=O)N3)ccc12. The molecule has 0 spiro atoms. The molecule has 0 saturated heterocycles. The summed E-state index contributed by atoms with van der Waals surface area (Å²) in [6.45, 7) is 1.23. The molecular weight excluding hydrogens is 530 g/mol. The molecule has 1 atom stereocenters. The van der Waals surface area contributed by atoms with Crippen molar-refractivity contribution in [2.45, 2.75) is 18.3 Å². The Labute approximate surface area is 232 Å². The second-order valence-electron chi connectivity index (χ2n) is 9.43. The molecule has 2 aromatic carbocycles. The van der Waals surface area contributed by atoms with E-state index < -0.39 is 11.4 Å². The summed E-state index contributed by atoms with van der Waals surface area (Å²) < 4.78 is 14.7. The van der Waals surface area contributed by atoms with Crippen molar-refractivity contribution >= 4 is 51.5 Å². The summed E-state index contributed by atoms with van der Waals surface area (Å²) in [6.07, 6.45) is 5.77. The fourth-order valence-corrected chi connectivity index (χ4v) is 5.68. The molecule has 5 aromatic rings. The summed E-state index contributed by atoms with van der Waals surface area (Å²) in [4.78, 5) is 35.2. The van der Waals surface area contributed by atoms with Crippen LogP contribution in [0.4, 0.5) is 0 Å². The molecule has 4 N–H and O–H groups in total. The van der Waals surface area contributed by atoms with Gasteiger partial charge in [0.05, 0.1) is 30.2 Å². The number of pyridine rings is 1. The number of carboxylic acid groups (broad SMARTS) is 1. The third-order valence-electron chi connectivity index (χ3n) is 6.97. The summed E-state index contributed by atoms with van der Waals surface area (Å²) in [5.74, 6) is 0.137. The Bertz CT molecular complexity index is 1730. The average Bonchev–Trinajstić information content (AvgIpc) is 3.71. The van der Waals surface area contributed by atoms with Crippen LogP contribution >= 0.6 is 11.7 Å². The van der Waals surface area contributed by atoms with Gasteiger partial charge in [-0.2, -0.15) is 8.75 Å². The van der Waals surface area contributed by atoms with E-state index in [0.717, 1.165) is 50.4 Å². The molecule has 1 aliphatic heterocycles. The minimum Gasteiger partial charge on any atom is -0.493 e. The summed E-state index contributed by atoms with van der Waals surface area (Å²) in [5, 5.41) is 16.8. The molecule has 11 nitrogen and oxygen atoms in total. The Balaban J connectivity index is 1.32. The molecular formula is C28H25N7O4S. The molecule has 1 unspecified atom stereocenters. The maximum absolute atomic E-state index is 12.4. The van der Waals surface area contributed by atoms with Crippen LogP contribution in [0.2, 0.25) is 0 Å². The molecule has 40 heavy (non-hydrogen) atoms. The van der Waals surface area contributed by atoms with Gasteiger partial charge in [0, 0.05) is 42.1 Å². The fourth-order valence-electron chi connectivity index (χ4n) is 5.17. The van der Waals surface area contributed by atoms with Gasteiger partial charge in [0.1, 0.15) is 23.3 Å². The summed E-state index contributed by atoms with van der Waals surface area (Å²) in [6, 6.07) is 15.2. The van der Waals surface area contributed by atoms with E-state index in [-0.39, 0.29) is 18.9 Å². The summed E-state index contributed by atoms with van der Waals surface area (Å²) in [7, 11) is 0. The van der Waals surface area contributed by atoms with Gasteiger partial charge in [-0.25, -0.2) is 4.99 Å². The zero-order valence-electron chi connectivity index (χ0n) is 21.3. The normalized spacial score (nSPS) is 14.6. The molecule has 202 valence electrons. The van der Waals surface area contributed by atoms with E-state index in [0.29, 0.717) is 31.3 Å². The van der Waals surface area contributed by atoms with Gasteiger partial charge >= 0.3 is 5.97 Å². The van der Waals surface area contributed by atoms with Crippen molar-refractivity contribution in [1.82, 2.24) is 29.3 Å². The Morgan fingerprint density at radius 2 is 1.93 bits per heavy atom. The highest BCUT2D eigenvalue weighted by atomic mass is 32.1. The zero-order valence-corrected chi connectivity index (χ0v) is 22.1. The lowest BCUT2D eigenvalue weighted by atomic mass is 9.67. The minimum absolute atomic E-state index is 0.116. The highest BCUT2D eigenvalue weighted by Crippen LogP contribution is 2.46. The molecule has 0 radical (unpaired) electrons. The maximum atomic E-state index is 12.4. The van der Waals surface area contributed by atoms with Crippen LogP contribution in [0.25, 0.3) is 21.9 Å². The Morgan fingerprint density at radius 1 is 1.07 bits per heavy atom. The van der Waals surface area contributed by atoms with Crippen LogP contribution in [0.3, 0.4) is 0 Å². The number of aromatic amines is 1. The maximum Gasteiger partial charge on any atom is 0.304 e. The monoisotopic (exact) mass is 555 g/mol. The Morgan fingerprint density at radius 3 is 2.73 bits per heavy atom. The second kappa shape index (κ2) is 10.7. The number of benzene rings is 2. The van der Waals surface area contributed by atoms with Crippen molar-refractivity contribution in [3.63, 3.8) is 0 Å². The Hall–Kier alpha value is -4.84. The van der Waals surface area contributed by atoms with Crippen molar-refractivity contribution in [3.05, 3.63) is 83.8 Å². The van der Waals surface area contributed by atoms with E-state index in [4.69, 9.17) is 4.74 Å². The van der Waals surface area contributed by atoms with Crippen LogP contribution in [0.5, 0.6) is 5.75 Å². The van der Waals surface area contributed by atoms with Crippen LogP contribution in [0.1, 0.15) is 29.5 Å². The molecule has 1 amide bonds. The molecule has 0 aliphatic carbocycles. The Kier molecular flexibility index (Phi) is 6.83. The molecule has 4 heterocycles. The molecule has 0 fully saturated rings. The number of carbonyl (C=O) groups is 2. The number of guanidine groups is 1. The van der Waals surface area contributed by atoms with Crippen LogP contribution in [0, 0.1) is 0 Å². The van der Waals surface area contributed by atoms with Gasteiger partial charge in [-0.05, 0) is 59.5 Å². The topological polar surface area (TPSA) is 154 Å². The van der Waals surface area contributed by atoms with Gasteiger partial charge in [-0.1, -0.05) is 6.07 Å². The van der Waals surface area contributed by atoms with Crippen molar-refractivity contribution in [2.24, 2.45) is 4.99 Å². The predicted molar refractivity (Wildman–Crippen MR) is 151 cm³/mol. The third-order valence-corrected chi connectivity index (χ3v) is 7.53. The number of amides is 1. The minimum atomic E-state index is -1.02. The largest absolute Gasteiger partial charge is 0.493 e. The predicted octanol–water partition coefficient (Wildman–Crippen LogP) is 3.22. The van der Waals surface area contributed by atoms with Crippen LogP contribution in [-0.2, 0) is 15.0 Å². The standard InChI is InChI=1S/C28H25N7O4S/c36-25-16-32-27(33-25)30-8-1-11-39-19-3-4-20-21(15-31-23(20)13-19)28(14-26(37)38,17-6-9-29-10-7-17)18-2-5-22-24(12-18)35-40-34-22/h2-7,9-10,12-13,15,31H,1,8,11,14,16H2,(H,37,38)(H2,30,32,33,36). The third kappa shape index (κ3) is 4.84. The number of hydrogen-bond donors (Lipinski definition) is 4. The van der Waals surface area contributed by atoms with Gasteiger partial charge in [-0.15, -0.1) is 0 Å². The van der Waals surface area contributed by atoms with Crippen molar-refractivity contribution in [3.8, 4) is 5.75 Å². The fraction of sp³-hybridized carbons (Fsp3) is 0.214. The van der Waals surface area contributed by atoms with Crippen LogP contribution in [-0.4, -0.2) is 61.4 Å².